The SMILES string of the molecule is C=C(OC(=O)C(=C)C(C1CCCCCCCCC1)(C1CCCCCCCCC1)C1CCCCCCCCC1)C(=O)OC(C)OC(C)C. The summed E-state index contributed by atoms with van der Waals surface area (Å²) in [7, 11) is 0. The topological polar surface area (TPSA) is 61.8 Å². The van der Waals surface area contributed by atoms with Crippen LogP contribution >= 0.6 is 0 Å². The fourth-order valence-electron chi connectivity index (χ4n) is 9.62. The lowest BCUT2D eigenvalue weighted by Crippen LogP contribution is -2.48. The van der Waals surface area contributed by atoms with E-state index in [0.29, 0.717) is 23.3 Å². The van der Waals surface area contributed by atoms with E-state index < -0.39 is 18.2 Å². The van der Waals surface area contributed by atoms with E-state index in [1.807, 2.05) is 13.8 Å². The first-order valence-electron chi connectivity index (χ1n) is 20.2. The molecule has 270 valence electrons. The zero-order valence-electron chi connectivity index (χ0n) is 30.9. The number of hydrogen-bond acceptors (Lipinski definition) is 5. The molecule has 3 aliphatic carbocycles. The van der Waals surface area contributed by atoms with Crippen molar-refractivity contribution < 1.29 is 23.8 Å². The van der Waals surface area contributed by atoms with Gasteiger partial charge in [-0.25, -0.2) is 9.59 Å². The molecular formula is C42H72O5. The highest BCUT2D eigenvalue weighted by Crippen LogP contribution is 2.58. The van der Waals surface area contributed by atoms with Crippen LogP contribution in [0, 0.1) is 23.2 Å². The van der Waals surface area contributed by atoms with Gasteiger partial charge in [-0.1, -0.05) is 141 Å². The zero-order valence-corrected chi connectivity index (χ0v) is 30.9. The van der Waals surface area contributed by atoms with Gasteiger partial charge in [-0.05, 0) is 83.6 Å². The third-order valence-corrected chi connectivity index (χ3v) is 11.8. The number of hydrogen-bond donors (Lipinski definition) is 0. The maximum Gasteiger partial charge on any atom is 0.376 e. The van der Waals surface area contributed by atoms with E-state index >= 15 is 0 Å². The largest absolute Gasteiger partial charge is 0.430 e. The van der Waals surface area contributed by atoms with Gasteiger partial charge in [0, 0.05) is 11.0 Å². The molecule has 1 unspecified atom stereocenters. The molecule has 47 heavy (non-hydrogen) atoms. The number of ether oxygens (including phenoxy) is 3. The predicted molar refractivity (Wildman–Crippen MR) is 194 cm³/mol. The molecule has 0 radical (unpaired) electrons. The Morgan fingerprint density at radius 2 is 0.809 bits per heavy atom. The quantitative estimate of drug-likeness (QED) is 0.101. The van der Waals surface area contributed by atoms with Gasteiger partial charge in [-0.15, -0.1) is 0 Å². The van der Waals surface area contributed by atoms with Gasteiger partial charge in [0.2, 0.25) is 12.0 Å². The molecule has 0 saturated heterocycles. The van der Waals surface area contributed by atoms with Crippen LogP contribution in [-0.4, -0.2) is 24.3 Å². The van der Waals surface area contributed by atoms with Crippen LogP contribution in [0.2, 0.25) is 0 Å². The Labute approximate surface area is 289 Å². The summed E-state index contributed by atoms with van der Waals surface area (Å²) >= 11 is 0. The maximum absolute atomic E-state index is 14.5. The first-order chi connectivity index (χ1) is 22.8. The number of carbonyl (C=O) groups is 2. The van der Waals surface area contributed by atoms with Gasteiger partial charge in [0.05, 0.1) is 6.10 Å². The van der Waals surface area contributed by atoms with E-state index in [4.69, 9.17) is 20.8 Å². The molecule has 0 aromatic heterocycles. The molecule has 0 amide bonds. The minimum atomic E-state index is -0.755. The first-order valence-corrected chi connectivity index (χ1v) is 20.2. The summed E-state index contributed by atoms with van der Waals surface area (Å²) in [5, 5.41) is 0. The highest BCUT2D eigenvalue weighted by Gasteiger charge is 2.53. The van der Waals surface area contributed by atoms with E-state index in [2.05, 4.69) is 6.58 Å². The Bertz CT molecular complexity index is 843. The molecule has 0 bridgehead atoms. The molecule has 3 rings (SSSR count). The summed E-state index contributed by atoms with van der Waals surface area (Å²) in [6.45, 7) is 14.1. The van der Waals surface area contributed by atoms with Crippen LogP contribution in [0.1, 0.15) is 194 Å². The van der Waals surface area contributed by atoms with Crippen LogP contribution in [0.3, 0.4) is 0 Å². The normalized spacial score (nSPS) is 22.5. The van der Waals surface area contributed by atoms with Crippen LogP contribution in [0.4, 0.5) is 0 Å². The van der Waals surface area contributed by atoms with Crippen molar-refractivity contribution in [2.75, 3.05) is 0 Å². The van der Waals surface area contributed by atoms with E-state index in [0.717, 1.165) is 38.5 Å². The lowest BCUT2D eigenvalue weighted by molar-refractivity contribution is -0.182. The minimum absolute atomic E-state index is 0.0965. The van der Waals surface area contributed by atoms with Crippen LogP contribution < -0.4 is 0 Å². The minimum Gasteiger partial charge on any atom is -0.430 e. The average Bonchev–Trinajstić information content (AvgIpc) is 3.05. The summed E-state index contributed by atoms with van der Waals surface area (Å²) in [6, 6.07) is 0. The van der Waals surface area contributed by atoms with Gasteiger partial charge in [-0.2, -0.15) is 0 Å². The molecular weight excluding hydrogens is 584 g/mol. The molecule has 1 atom stereocenters. The van der Waals surface area contributed by atoms with E-state index in [-0.39, 0.29) is 17.3 Å². The standard InChI is InChI=1S/C42H72O5/c1-33(2)45-36(5)47-41(44)35(4)46-40(43)34(3)42(37-27-21-15-9-6-10-16-22-28-37,38-29-23-17-11-7-12-18-24-30-38)39-31-25-19-13-8-14-20-26-32-39/h33,36-39H,3-4,6-32H2,1-2,5H3. The second-order valence-corrected chi connectivity index (χ2v) is 15.6. The van der Waals surface area contributed by atoms with Crippen molar-refractivity contribution >= 4 is 11.9 Å². The zero-order chi connectivity index (χ0) is 33.9. The molecule has 0 spiro atoms. The summed E-state index contributed by atoms with van der Waals surface area (Å²) < 4.78 is 16.9. The summed E-state index contributed by atoms with van der Waals surface area (Å²) in [5.41, 5.74) is 0.302. The molecule has 0 heterocycles. The van der Waals surface area contributed by atoms with E-state index in [1.165, 1.54) is 135 Å². The molecule has 0 aromatic carbocycles. The van der Waals surface area contributed by atoms with E-state index in [9.17, 15) is 9.59 Å². The Kier molecular flexibility index (Phi) is 18.8. The maximum atomic E-state index is 14.5. The van der Waals surface area contributed by atoms with Gasteiger partial charge in [0.25, 0.3) is 0 Å². The fourth-order valence-corrected chi connectivity index (χ4v) is 9.62. The molecule has 3 saturated carbocycles. The van der Waals surface area contributed by atoms with Crippen molar-refractivity contribution in [2.24, 2.45) is 23.2 Å². The molecule has 5 heteroatoms. The average molecular weight is 657 g/mol. The smallest absolute Gasteiger partial charge is 0.376 e. The van der Waals surface area contributed by atoms with Crippen molar-refractivity contribution in [1.29, 1.82) is 0 Å². The Morgan fingerprint density at radius 3 is 1.11 bits per heavy atom. The van der Waals surface area contributed by atoms with Gasteiger partial charge in [0.15, 0.2) is 0 Å². The number of rotatable bonds is 10. The highest BCUT2D eigenvalue weighted by molar-refractivity contribution is 5.95. The van der Waals surface area contributed by atoms with Crippen molar-refractivity contribution in [2.45, 2.75) is 207 Å². The second-order valence-electron chi connectivity index (χ2n) is 15.6. The number of esters is 2. The van der Waals surface area contributed by atoms with Crippen LogP contribution in [0.25, 0.3) is 0 Å². The third-order valence-electron chi connectivity index (χ3n) is 11.8. The second kappa shape index (κ2) is 22.2. The molecule has 3 fully saturated rings. The van der Waals surface area contributed by atoms with Crippen molar-refractivity contribution in [3.8, 4) is 0 Å². The predicted octanol–water partition coefficient (Wildman–Crippen LogP) is 12.3. The molecule has 0 aliphatic heterocycles. The monoisotopic (exact) mass is 657 g/mol. The van der Waals surface area contributed by atoms with Gasteiger partial charge < -0.3 is 14.2 Å². The molecule has 3 aliphatic rings. The molecule has 0 N–H and O–H groups in total. The lowest BCUT2D eigenvalue weighted by Gasteiger charge is -2.53. The molecule has 5 nitrogen and oxygen atoms in total. The van der Waals surface area contributed by atoms with Gasteiger partial charge >= 0.3 is 11.9 Å². The fraction of sp³-hybridized carbons (Fsp3) is 0.857. The van der Waals surface area contributed by atoms with Crippen LogP contribution in [-0.2, 0) is 23.8 Å². The van der Waals surface area contributed by atoms with E-state index in [1.54, 1.807) is 6.92 Å². The van der Waals surface area contributed by atoms with Crippen molar-refractivity contribution in [1.82, 2.24) is 0 Å². The Hall–Kier alpha value is -1.62. The third kappa shape index (κ3) is 13.0. The summed E-state index contributed by atoms with van der Waals surface area (Å²) in [6.07, 6.45) is 33.0. The van der Waals surface area contributed by atoms with Crippen LogP contribution in [0.5, 0.6) is 0 Å². The van der Waals surface area contributed by atoms with Gasteiger partial charge in [0.1, 0.15) is 0 Å². The Morgan fingerprint density at radius 1 is 0.511 bits per heavy atom. The van der Waals surface area contributed by atoms with Gasteiger partial charge in [-0.3, -0.25) is 0 Å². The lowest BCUT2D eigenvalue weighted by atomic mass is 9.50. The first kappa shape index (κ1) is 39.8. The molecule has 0 aromatic rings. The number of carbonyl (C=O) groups excluding carboxylic acids is 2. The highest BCUT2D eigenvalue weighted by atomic mass is 16.7. The Balaban J connectivity index is 2.06. The summed E-state index contributed by atoms with van der Waals surface area (Å²) in [4.78, 5) is 27.5. The van der Waals surface area contributed by atoms with Crippen LogP contribution in [0.15, 0.2) is 24.5 Å². The summed E-state index contributed by atoms with van der Waals surface area (Å²) in [5.74, 6) is -0.271. The van der Waals surface area contributed by atoms with Crippen molar-refractivity contribution in [3.05, 3.63) is 24.5 Å². The van der Waals surface area contributed by atoms with Crippen molar-refractivity contribution in [3.63, 3.8) is 0 Å².